The molecule has 1 N–H and O–H groups in total. The third-order valence-corrected chi connectivity index (χ3v) is 5.24. The average Bonchev–Trinajstić information content (AvgIpc) is 3.32. The van der Waals surface area contributed by atoms with Gasteiger partial charge in [-0.15, -0.1) is 11.3 Å². The summed E-state index contributed by atoms with van der Waals surface area (Å²) in [6.45, 7) is 0. The van der Waals surface area contributed by atoms with Crippen LogP contribution in [0.25, 0.3) is 38.6 Å². The number of hydrogen-bond acceptors (Lipinski definition) is 7. The van der Waals surface area contributed by atoms with Gasteiger partial charge in [0, 0.05) is 17.1 Å². The van der Waals surface area contributed by atoms with Crippen molar-refractivity contribution >= 4 is 27.1 Å². The first-order valence-corrected chi connectivity index (χ1v) is 9.03. The number of pyridine rings is 2. The summed E-state index contributed by atoms with van der Waals surface area (Å²) in [4.78, 5) is 17.8. The molecule has 0 fully saturated rings. The summed E-state index contributed by atoms with van der Waals surface area (Å²) in [5.74, 6) is 1.49. The molecule has 0 aromatic carbocycles. The highest BCUT2D eigenvalue weighted by molar-refractivity contribution is 7.18. The summed E-state index contributed by atoms with van der Waals surface area (Å²) < 4.78 is 7.76. The predicted octanol–water partition coefficient (Wildman–Crippen LogP) is 3.78. The highest BCUT2D eigenvalue weighted by Crippen LogP contribution is 2.37. The largest absolute Gasteiger partial charge is 0.495 e. The van der Waals surface area contributed by atoms with E-state index in [0.29, 0.717) is 27.6 Å². The lowest BCUT2D eigenvalue weighted by Crippen LogP contribution is -1.97. The Labute approximate surface area is 157 Å². The van der Waals surface area contributed by atoms with E-state index in [2.05, 4.69) is 15.0 Å². The van der Waals surface area contributed by atoms with E-state index >= 15 is 0 Å². The fourth-order valence-corrected chi connectivity index (χ4v) is 3.85. The Morgan fingerprint density at radius 2 is 2.04 bits per heavy atom. The minimum absolute atomic E-state index is 0.0678. The van der Waals surface area contributed by atoms with Crippen molar-refractivity contribution in [1.29, 1.82) is 0 Å². The van der Waals surface area contributed by atoms with Crippen LogP contribution in [0, 0.1) is 0 Å². The van der Waals surface area contributed by atoms with Gasteiger partial charge in [0.1, 0.15) is 10.4 Å². The first kappa shape index (κ1) is 15.7. The molecule has 0 aliphatic rings. The van der Waals surface area contributed by atoms with Crippen LogP contribution in [0.3, 0.4) is 0 Å². The lowest BCUT2D eigenvalue weighted by molar-refractivity contribution is 0.412. The van der Waals surface area contributed by atoms with Crippen molar-refractivity contribution < 1.29 is 9.84 Å². The molecule has 8 heteroatoms. The second kappa shape index (κ2) is 6.03. The van der Waals surface area contributed by atoms with Crippen molar-refractivity contribution in [3.05, 3.63) is 54.3 Å². The number of aromatic hydroxyl groups is 1. The monoisotopic (exact) mass is 375 g/mol. The first-order valence-electron chi connectivity index (χ1n) is 8.15. The van der Waals surface area contributed by atoms with Crippen LogP contribution in [0.5, 0.6) is 11.6 Å². The molecule has 0 radical (unpaired) electrons. The van der Waals surface area contributed by atoms with Gasteiger partial charge in [-0.3, -0.25) is 9.38 Å². The predicted molar refractivity (Wildman–Crippen MR) is 103 cm³/mol. The van der Waals surface area contributed by atoms with Crippen LogP contribution >= 0.6 is 11.3 Å². The number of thiophene rings is 1. The van der Waals surface area contributed by atoms with E-state index in [1.54, 1.807) is 19.5 Å². The minimum atomic E-state index is -0.0678. The van der Waals surface area contributed by atoms with Crippen molar-refractivity contribution in [3.8, 4) is 34.5 Å². The van der Waals surface area contributed by atoms with Crippen molar-refractivity contribution in [2.24, 2.45) is 0 Å². The zero-order valence-electron chi connectivity index (χ0n) is 14.2. The van der Waals surface area contributed by atoms with Gasteiger partial charge >= 0.3 is 0 Å². The summed E-state index contributed by atoms with van der Waals surface area (Å²) in [6, 6.07) is 9.45. The van der Waals surface area contributed by atoms with E-state index in [0.717, 1.165) is 16.8 Å². The Balaban J connectivity index is 1.75. The number of imidazole rings is 1. The molecule has 7 nitrogen and oxygen atoms in total. The molecule has 0 aliphatic heterocycles. The SMILES string of the molecule is COc1ccc2cnc(-c3nc(O)c4scc(-c5ccccn5)c4n3)n2c1. The minimum Gasteiger partial charge on any atom is -0.495 e. The van der Waals surface area contributed by atoms with Crippen LogP contribution < -0.4 is 4.74 Å². The summed E-state index contributed by atoms with van der Waals surface area (Å²) in [6.07, 6.45) is 5.28. The number of fused-ring (bicyclic) bond motifs is 2. The Morgan fingerprint density at radius 3 is 2.85 bits per heavy atom. The van der Waals surface area contributed by atoms with Gasteiger partial charge in [-0.05, 0) is 24.3 Å². The van der Waals surface area contributed by atoms with Gasteiger partial charge in [0.2, 0.25) is 5.88 Å². The standard InChI is InChI=1S/C19H13N5O2S/c1-26-12-6-5-11-8-21-18(24(11)9-12)17-22-15-13(14-4-2-3-7-20-14)10-27-16(15)19(25)23-17/h2-10H,1H3,(H,22,23,25). The topological polar surface area (TPSA) is 85.4 Å². The summed E-state index contributed by atoms with van der Waals surface area (Å²) in [5.41, 5.74) is 3.18. The maximum absolute atomic E-state index is 10.5. The molecule has 5 heterocycles. The van der Waals surface area contributed by atoms with Gasteiger partial charge in [0.25, 0.3) is 0 Å². The fourth-order valence-electron chi connectivity index (χ4n) is 2.96. The van der Waals surface area contributed by atoms with Gasteiger partial charge in [0.15, 0.2) is 11.6 Å². The molecular formula is C19H13N5O2S. The van der Waals surface area contributed by atoms with Gasteiger partial charge in [-0.25, -0.2) is 9.97 Å². The highest BCUT2D eigenvalue weighted by Gasteiger charge is 2.18. The van der Waals surface area contributed by atoms with Crippen LogP contribution in [0.4, 0.5) is 0 Å². The van der Waals surface area contributed by atoms with Crippen LogP contribution in [0.2, 0.25) is 0 Å². The van der Waals surface area contributed by atoms with E-state index < -0.39 is 0 Å². The third-order valence-electron chi connectivity index (χ3n) is 4.27. The molecule has 0 spiro atoms. The van der Waals surface area contributed by atoms with E-state index in [1.165, 1.54) is 11.3 Å². The molecule has 5 aromatic heterocycles. The number of ether oxygens (including phenoxy) is 1. The molecule has 132 valence electrons. The van der Waals surface area contributed by atoms with E-state index in [1.807, 2.05) is 46.3 Å². The molecule has 0 amide bonds. The number of hydrogen-bond donors (Lipinski definition) is 1. The molecule has 0 bridgehead atoms. The highest BCUT2D eigenvalue weighted by atomic mass is 32.1. The summed E-state index contributed by atoms with van der Waals surface area (Å²) in [7, 11) is 1.61. The Kier molecular flexibility index (Phi) is 3.51. The van der Waals surface area contributed by atoms with E-state index in [-0.39, 0.29) is 5.88 Å². The summed E-state index contributed by atoms with van der Waals surface area (Å²) >= 11 is 1.39. The number of nitrogens with zero attached hydrogens (tertiary/aromatic N) is 5. The van der Waals surface area contributed by atoms with Crippen LogP contribution in [-0.4, -0.2) is 36.6 Å². The van der Waals surface area contributed by atoms with Gasteiger partial charge in [0.05, 0.1) is 36.2 Å². The van der Waals surface area contributed by atoms with E-state index in [4.69, 9.17) is 9.72 Å². The number of methoxy groups -OCH3 is 1. The smallest absolute Gasteiger partial charge is 0.233 e. The van der Waals surface area contributed by atoms with E-state index in [9.17, 15) is 5.11 Å². The van der Waals surface area contributed by atoms with Crippen molar-refractivity contribution in [1.82, 2.24) is 24.3 Å². The van der Waals surface area contributed by atoms with Gasteiger partial charge in [-0.1, -0.05) is 6.07 Å². The lowest BCUT2D eigenvalue weighted by atomic mass is 10.2. The molecular weight excluding hydrogens is 362 g/mol. The normalized spacial score (nSPS) is 11.3. The Bertz CT molecular complexity index is 1280. The average molecular weight is 375 g/mol. The molecule has 0 aliphatic carbocycles. The van der Waals surface area contributed by atoms with Crippen molar-refractivity contribution in [2.75, 3.05) is 7.11 Å². The van der Waals surface area contributed by atoms with Gasteiger partial charge < -0.3 is 9.84 Å². The van der Waals surface area contributed by atoms with Crippen LogP contribution in [0.15, 0.2) is 54.3 Å². The maximum atomic E-state index is 10.5. The molecule has 27 heavy (non-hydrogen) atoms. The Hall–Kier alpha value is -3.52. The van der Waals surface area contributed by atoms with Crippen LogP contribution in [-0.2, 0) is 0 Å². The van der Waals surface area contributed by atoms with Crippen LogP contribution in [0.1, 0.15) is 0 Å². The number of rotatable bonds is 3. The molecule has 0 atom stereocenters. The summed E-state index contributed by atoms with van der Waals surface area (Å²) in [5, 5.41) is 12.4. The maximum Gasteiger partial charge on any atom is 0.233 e. The first-order chi connectivity index (χ1) is 13.2. The van der Waals surface area contributed by atoms with Crippen molar-refractivity contribution in [2.45, 2.75) is 0 Å². The second-order valence-electron chi connectivity index (χ2n) is 5.86. The second-order valence-corrected chi connectivity index (χ2v) is 6.74. The Morgan fingerprint density at radius 1 is 1.11 bits per heavy atom. The molecule has 0 unspecified atom stereocenters. The molecule has 5 aromatic rings. The molecule has 5 rings (SSSR count). The fraction of sp³-hybridized carbons (Fsp3) is 0.0526. The quantitative estimate of drug-likeness (QED) is 0.516. The lowest BCUT2D eigenvalue weighted by Gasteiger charge is -2.05. The molecule has 0 saturated carbocycles. The zero-order valence-corrected chi connectivity index (χ0v) is 15.0. The number of aromatic nitrogens is 5. The third kappa shape index (κ3) is 2.49. The zero-order chi connectivity index (χ0) is 18.4. The molecule has 0 saturated heterocycles. The van der Waals surface area contributed by atoms with Crippen molar-refractivity contribution in [3.63, 3.8) is 0 Å². The van der Waals surface area contributed by atoms with Gasteiger partial charge in [-0.2, -0.15) is 4.98 Å².